The number of aromatic nitrogens is 4. The summed E-state index contributed by atoms with van der Waals surface area (Å²) in [6.45, 7) is 2.69. The van der Waals surface area contributed by atoms with Crippen molar-refractivity contribution in [1.29, 1.82) is 0 Å². The van der Waals surface area contributed by atoms with Crippen molar-refractivity contribution in [3.05, 3.63) is 35.7 Å². The molecule has 0 aliphatic rings. The van der Waals surface area contributed by atoms with Gasteiger partial charge in [0.1, 0.15) is 5.75 Å². The summed E-state index contributed by atoms with van der Waals surface area (Å²) in [5.74, 6) is 1.56. The lowest BCUT2D eigenvalue weighted by atomic mass is 10.2. The zero-order chi connectivity index (χ0) is 11.2. The number of aryl methyl sites for hydroxylation is 1. The molecule has 1 aromatic heterocycles. The van der Waals surface area contributed by atoms with Crippen LogP contribution in [0.25, 0.3) is 0 Å². The summed E-state index contributed by atoms with van der Waals surface area (Å²) < 4.78 is 5.60. The second kappa shape index (κ2) is 5.25. The van der Waals surface area contributed by atoms with Crippen molar-refractivity contribution in [3.63, 3.8) is 0 Å². The number of nitrogens with zero attached hydrogens (tertiary/aromatic N) is 3. The molecule has 0 aliphatic carbocycles. The van der Waals surface area contributed by atoms with Gasteiger partial charge in [0.05, 0.1) is 6.61 Å². The van der Waals surface area contributed by atoms with E-state index < -0.39 is 0 Å². The summed E-state index contributed by atoms with van der Waals surface area (Å²) in [5.41, 5.74) is 1.28. The summed E-state index contributed by atoms with van der Waals surface area (Å²) in [6, 6.07) is 8.10. The van der Waals surface area contributed by atoms with E-state index in [2.05, 4.69) is 39.7 Å². The Bertz CT molecular complexity index is 427. The first kappa shape index (κ1) is 10.6. The Balaban J connectivity index is 1.85. The quantitative estimate of drug-likeness (QED) is 0.823. The molecule has 0 saturated carbocycles. The maximum atomic E-state index is 5.60. The number of benzene rings is 1. The van der Waals surface area contributed by atoms with Crippen LogP contribution in [0.2, 0.25) is 0 Å². The highest BCUT2D eigenvalue weighted by molar-refractivity contribution is 5.28. The molecular formula is C11H14N4O. The number of hydrogen-bond acceptors (Lipinski definition) is 4. The maximum Gasteiger partial charge on any atom is 0.177 e. The highest BCUT2D eigenvalue weighted by Gasteiger charge is 1.99. The Morgan fingerprint density at radius 1 is 1.38 bits per heavy atom. The van der Waals surface area contributed by atoms with Crippen LogP contribution in [0.15, 0.2) is 24.3 Å². The topological polar surface area (TPSA) is 63.7 Å². The predicted molar refractivity (Wildman–Crippen MR) is 59.2 cm³/mol. The van der Waals surface area contributed by atoms with E-state index in [0.29, 0.717) is 18.9 Å². The van der Waals surface area contributed by atoms with Gasteiger partial charge in [0.25, 0.3) is 0 Å². The summed E-state index contributed by atoms with van der Waals surface area (Å²) in [5, 5.41) is 13.6. The highest BCUT2D eigenvalue weighted by Crippen LogP contribution is 2.13. The Morgan fingerprint density at radius 3 is 3.06 bits per heavy atom. The molecule has 0 saturated heterocycles. The van der Waals surface area contributed by atoms with Crippen molar-refractivity contribution in [2.24, 2.45) is 0 Å². The Kier molecular flexibility index (Phi) is 3.48. The predicted octanol–water partition coefficient (Wildman–Crippen LogP) is 1.38. The van der Waals surface area contributed by atoms with Gasteiger partial charge in [-0.2, -0.15) is 5.21 Å². The Hall–Kier alpha value is -1.91. The molecule has 0 fully saturated rings. The minimum Gasteiger partial charge on any atom is -0.493 e. The number of tetrazole rings is 1. The summed E-state index contributed by atoms with van der Waals surface area (Å²) in [4.78, 5) is 0. The van der Waals surface area contributed by atoms with Gasteiger partial charge >= 0.3 is 0 Å². The minimum atomic E-state index is 0.562. The lowest BCUT2D eigenvalue weighted by Gasteiger charge is -2.05. The third-order valence-electron chi connectivity index (χ3n) is 2.29. The van der Waals surface area contributed by atoms with E-state index in [1.54, 1.807) is 0 Å². The first-order valence-electron chi connectivity index (χ1n) is 5.32. The van der Waals surface area contributed by atoms with E-state index in [0.717, 1.165) is 12.2 Å². The average Bonchev–Trinajstić information content (AvgIpc) is 2.82. The first-order valence-corrected chi connectivity index (χ1v) is 5.32. The number of H-pyrrole nitrogens is 1. The van der Waals surface area contributed by atoms with Crippen LogP contribution in [0.3, 0.4) is 0 Å². The van der Waals surface area contributed by atoms with Crippen molar-refractivity contribution in [2.45, 2.75) is 19.8 Å². The fraction of sp³-hybridized carbons (Fsp3) is 0.364. The van der Waals surface area contributed by atoms with Crippen LogP contribution < -0.4 is 4.74 Å². The normalized spacial score (nSPS) is 10.3. The molecule has 0 spiro atoms. The lowest BCUT2D eigenvalue weighted by molar-refractivity contribution is 0.318. The molecule has 0 bridgehead atoms. The van der Waals surface area contributed by atoms with Crippen LogP contribution in [-0.2, 0) is 12.8 Å². The Morgan fingerprint density at radius 2 is 2.31 bits per heavy atom. The zero-order valence-electron chi connectivity index (χ0n) is 9.18. The second-order valence-corrected chi connectivity index (χ2v) is 3.43. The van der Waals surface area contributed by atoms with Crippen molar-refractivity contribution in [3.8, 4) is 5.75 Å². The van der Waals surface area contributed by atoms with Crippen molar-refractivity contribution < 1.29 is 4.74 Å². The van der Waals surface area contributed by atoms with Crippen LogP contribution in [0.4, 0.5) is 0 Å². The summed E-state index contributed by atoms with van der Waals surface area (Å²) in [6.07, 6.45) is 1.68. The van der Waals surface area contributed by atoms with Gasteiger partial charge in [-0.15, -0.1) is 10.2 Å². The molecule has 0 atom stereocenters. The van der Waals surface area contributed by atoms with Gasteiger partial charge in [-0.3, -0.25) is 0 Å². The van der Waals surface area contributed by atoms with E-state index in [4.69, 9.17) is 4.74 Å². The maximum absolute atomic E-state index is 5.60. The first-order chi connectivity index (χ1) is 7.88. The molecule has 1 heterocycles. The molecule has 0 aliphatic heterocycles. The van der Waals surface area contributed by atoms with Gasteiger partial charge in [-0.25, -0.2) is 0 Å². The van der Waals surface area contributed by atoms with Crippen LogP contribution in [-0.4, -0.2) is 27.2 Å². The SMILES string of the molecule is CCc1cccc(OCCc2nn[nH]n2)c1. The lowest BCUT2D eigenvalue weighted by Crippen LogP contribution is -2.03. The zero-order valence-corrected chi connectivity index (χ0v) is 9.18. The van der Waals surface area contributed by atoms with Gasteiger partial charge in [-0.1, -0.05) is 24.3 Å². The molecule has 0 amide bonds. The highest BCUT2D eigenvalue weighted by atomic mass is 16.5. The molecule has 5 nitrogen and oxygen atoms in total. The summed E-state index contributed by atoms with van der Waals surface area (Å²) in [7, 11) is 0. The third kappa shape index (κ3) is 2.79. The number of aromatic amines is 1. The number of hydrogen-bond donors (Lipinski definition) is 1. The fourth-order valence-corrected chi connectivity index (χ4v) is 1.40. The van der Waals surface area contributed by atoms with Crippen LogP contribution in [0.1, 0.15) is 18.3 Å². The minimum absolute atomic E-state index is 0.562. The van der Waals surface area contributed by atoms with Crippen molar-refractivity contribution in [2.75, 3.05) is 6.61 Å². The summed E-state index contributed by atoms with van der Waals surface area (Å²) >= 11 is 0. The second-order valence-electron chi connectivity index (χ2n) is 3.43. The molecule has 0 radical (unpaired) electrons. The van der Waals surface area contributed by atoms with Gasteiger partial charge in [0.2, 0.25) is 0 Å². The van der Waals surface area contributed by atoms with E-state index in [1.807, 2.05) is 12.1 Å². The molecule has 0 unspecified atom stereocenters. The largest absolute Gasteiger partial charge is 0.493 e. The number of ether oxygens (including phenoxy) is 1. The van der Waals surface area contributed by atoms with E-state index >= 15 is 0 Å². The van der Waals surface area contributed by atoms with Crippen molar-refractivity contribution >= 4 is 0 Å². The fourth-order valence-electron chi connectivity index (χ4n) is 1.40. The van der Waals surface area contributed by atoms with Gasteiger partial charge in [0.15, 0.2) is 5.82 Å². The standard InChI is InChI=1S/C11H14N4O/c1-2-9-4-3-5-10(8-9)16-7-6-11-12-14-15-13-11/h3-5,8H,2,6-7H2,1H3,(H,12,13,14,15). The molecule has 2 rings (SSSR count). The van der Waals surface area contributed by atoms with Gasteiger partial charge in [0, 0.05) is 6.42 Å². The van der Waals surface area contributed by atoms with Crippen molar-refractivity contribution in [1.82, 2.24) is 20.6 Å². The molecule has 2 aromatic rings. The van der Waals surface area contributed by atoms with E-state index in [1.165, 1.54) is 5.56 Å². The molecular weight excluding hydrogens is 204 g/mol. The average molecular weight is 218 g/mol. The Labute approximate surface area is 93.8 Å². The molecule has 1 aromatic carbocycles. The number of rotatable bonds is 5. The van der Waals surface area contributed by atoms with Crippen LogP contribution in [0, 0.1) is 0 Å². The van der Waals surface area contributed by atoms with Crippen LogP contribution >= 0.6 is 0 Å². The van der Waals surface area contributed by atoms with Gasteiger partial charge in [-0.05, 0) is 24.1 Å². The van der Waals surface area contributed by atoms with E-state index in [-0.39, 0.29) is 0 Å². The van der Waals surface area contributed by atoms with Gasteiger partial charge < -0.3 is 4.74 Å². The third-order valence-corrected chi connectivity index (χ3v) is 2.29. The molecule has 84 valence electrons. The molecule has 1 N–H and O–H groups in total. The molecule has 5 heteroatoms. The number of nitrogens with one attached hydrogen (secondary N) is 1. The molecule has 16 heavy (non-hydrogen) atoms. The smallest absolute Gasteiger partial charge is 0.177 e. The monoisotopic (exact) mass is 218 g/mol. The van der Waals surface area contributed by atoms with E-state index in [9.17, 15) is 0 Å². The van der Waals surface area contributed by atoms with Crippen LogP contribution in [0.5, 0.6) is 5.75 Å².